The molecule has 1 aliphatic heterocycles. The van der Waals surface area contributed by atoms with Crippen LogP contribution in [-0.4, -0.2) is 42.4 Å². The first kappa shape index (κ1) is 16.8. The molecular formula is C20H26N2O2. The van der Waals surface area contributed by atoms with Gasteiger partial charge in [-0.3, -0.25) is 4.90 Å². The number of nitrogens with one attached hydrogen (secondary N) is 1. The lowest BCUT2D eigenvalue weighted by molar-refractivity contribution is 0.201. The zero-order chi connectivity index (χ0) is 16.6. The fourth-order valence-electron chi connectivity index (χ4n) is 3.12. The van der Waals surface area contributed by atoms with Gasteiger partial charge in [-0.2, -0.15) is 0 Å². The van der Waals surface area contributed by atoms with Crippen molar-refractivity contribution in [2.45, 2.75) is 25.4 Å². The Hall–Kier alpha value is -2.04. The third-order valence-electron chi connectivity index (χ3n) is 4.42. The zero-order valence-electron chi connectivity index (χ0n) is 14.0. The van der Waals surface area contributed by atoms with Gasteiger partial charge in [0.25, 0.3) is 0 Å². The van der Waals surface area contributed by atoms with Crippen LogP contribution in [0.25, 0.3) is 0 Å². The third kappa shape index (κ3) is 4.98. The molecule has 4 heteroatoms. The normalized spacial score (nSPS) is 16.0. The third-order valence-corrected chi connectivity index (χ3v) is 4.42. The Morgan fingerprint density at radius 2 is 1.71 bits per heavy atom. The topological polar surface area (TPSA) is 44.7 Å². The minimum absolute atomic E-state index is 0.0432. The van der Waals surface area contributed by atoms with E-state index in [1.807, 2.05) is 24.3 Å². The van der Waals surface area contributed by atoms with E-state index in [2.05, 4.69) is 40.5 Å². The summed E-state index contributed by atoms with van der Waals surface area (Å²) < 4.78 is 5.39. The van der Waals surface area contributed by atoms with Gasteiger partial charge in [0.15, 0.2) is 0 Å². The van der Waals surface area contributed by atoms with Gasteiger partial charge in [0.1, 0.15) is 12.4 Å². The molecule has 2 N–H and O–H groups in total. The first-order valence-corrected chi connectivity index (χ1v) is 8.70. The Kier molecular flexibility index (Phi) is 6.10. The van der Waals surface area contributed by atoms with Crippen molar-refractivity contribution in [3.63, 3.8) is 0 Å². The summed E-state index contributed by atoms with van der Waals surface area (Å²) in [5.74, 6) is 0.798. The maximum absolute atomic E-state index is 8.77. The maximum Gasteiger partial charge on any atom is 0.119 e. The van der Waals surface area contributed by atoms with Crippen LogP contribution in [0.5, 0.6) is 5.75 Å². The van der Waals surface area contributed by atoms with Gasteiger partial charge in [-0.1, -0.05) is 30.3 Å². The van der Waals surface area contributed by atoms with Gasteiger partial charge in [0.05, 0.1) is 6.61 Å². The molecule has 0 spiro atoms. The van der Waals surface area contributed by atoms with Crippen molar-refractivity contribution < 1.29 is 9.84 Å². The van der Waals surface area contributed by atoms with Crippen LogP contribution in [-0.2, 0) is 6.54 Å². The summed E-state index contributed by atoms with van der Waals surface area (Å²) in [7, 11) is 0. The predicted octanol–water partition coefficient (Wildman–Crippen LogP) is 3.13. The Morgan fingerprint density at radius 1 is 1.00 bits per heavy atom. The summed E-state index contributed by atoms with van der Waals surface area (Å²) in [6.07, 6.45) is 2.32. The number of hydrogen-bond donors (Lipinski definition) is 2. The number of aliphatic hydroxyl groups is 1. The zero-order valence-corrected chi connectivity index (χ0v) is 14.0. The molecule has 0 saturated carbocycles. The van der Waals surface area contributed by atoms with E-state index in [4.69, 9.17) is 9.84 Å². The van der Waals surface area contributed by atoms with Crippen molar-refractivity contribution in [2.75, 3.05) is 31.6 Å². The summed E-state index contributed by atoms with van der Waals surface area (Å²) in [6.45, 7) is 3.69. The van der Waals surface area contributed by atoms with Crippen molar-refractivity contribution in [2.24, 2.45) is 0 Å². The second kappa shape index (κ2) is 8.71. The van der Waals surface area contributed by atoms with E-state index in [-0.39, 0.29) is 6.61 Å². The summed E-state index contributed by atoms with van der Waals surface area (Å²) in [5.41, 5.74) is 2.52. The average molecular weight is 326 g/mol. The smallest absolute Gasteiger partial charge is 0.119 e. The molecule has 0 aromatic heterocycles. The van der Waals surface area contributed by atoms with Crippen molar-refractivity contribution >= 4 is 5.69 Å². The van der Waals surface area contributed by atoms with Gasteiger partial charge in [-0.15, -0.1) is 0 Å². The van der Waals surface area contributed by atoms with Crippen LogP contribution in [0.3, 0.4) is 0 Å². The minimum Gasteiger partial charge on any atom is -0.491 e. The van der Waals surface area contributed by atoms with Gasteiger partial charge in [0, 0.05) is 31.4 Å². The molecule has 24 heavy (non-hydrogen) atoms. The number of rotatable bonds is 7. The quantitative estimate of drug-likeness (QED) is 0.820. The SMILES string of the molecule is OCCOc1ccc(NC2CCN(Cc3ccccc3)CC2)cc1. The number of hydrogen-bond acceptors (Lipinski definition) is 4. The van der Waals surface area contributed by atoms with Gasteiger partial charge >= 0.3 is 0 Å². The number of likely N-dealkylation sites (tertiary alicyclic amines) is 1. The van der Waals surface area contributed by atoms with Gasteiger partial charge in [0.2, 0.25) is 0 Å². The molecule has 1 aliphatic rings. The van der Waals surface area contributed by atoms with Crippen LogP contribution in [0, 0.1) is 0 Å². The second-order valence-electron chi connectivity index (χ2n) is 6.28. The van der Waals surface area contributed by atoms with Crippen molar-refractivity contribution in [1.29, 1.82) is 0 Å². The number of nitrogens with zero attached hydrogens (tertiary/aromatic N) is 1. The second-order valence-corrected chi connectivity index (χ2v) is 6.28. The number of anilines is 1. The highest BCUT2D eigenvalue weighted by Crippen LogP contribution is 2.20. The van der Waals surface area contributed by atoms with Crippen molar-refractivity contribution in [3.8, 4) is 5.75 Å². The Bertz CT molecular complexity index is 593. The summed E-state index contributed by atoms with van der Waals surface area (Å²) in [6, 6.07) is 19.2. The first-order chi connectivity index (χ1) is 11.8. The van der Waals surface area contributed by atoms with E-state index in [9.17, 15) is 0 Å². The molecule has 0 amide bonds. The van der Waals surface area contributed by atoms with Crippen LogP contribution in [0.2, 0.25) is 0 Å². The molecular weight excluding hydrogens is 300 g/mol. The number of benzene rings is 2. The molecule has 1 fully saturated rings. The van der Waals surface area contributed by atoms with Crippen LogP contribution in [0.4, 0.5) is 5.69 Å². The highest BCUT2D eigenvalue weighted by Gasteiger charge is 2.19. The molecule has 0 radical (unpaired) electrons. The summed E-state index contributed by atoms with van der Waals surface area (Å²) >= 11 is 0. The molecule has 0 aliphatic carbocycles. The van der Waals surface area contributed by atoms with E-state index in [0.29, 0.717) is 12.6 Å². The Balaban J connectivity index is 1.43. The predicted molar refractivity (Wildman–Crippen MR) is 97.4 cm³/mol. The molecule has 3 rings (SSSR count). The van der Waals surface area contributed by atoms with E-state index in [1.54, 1.807) is 0 Å². The highest BCUT2D eigenvalue weighted by atomic mass is 16.5. The first-order valence-electron chi connectivity index (χ1n) is 8.70. The van der Waals surface area contributed by atoms with E-state index >= 15 is 0 Å². The van der Waals surface area contributed by atoms with E-state index < -0.39 is 0 Å². The lowest BCUT2D eigenvalue weighted by atomic mass is 10.0. The van der Waals surface area contributed by atoms with Crippen LogP contribution >= 0.6 is 0 Å². The largest absolute Gasteiger partial charge is 0.491 e. The van der Waals surface area contributed by atoms with Crippen molar-refractivity contribution in [3.05, 3.63) is 60.2 Å². The van der Waals surface area contributed by atoms with Crippen LogP contribution in [0.15, 0.2) is 54.6 Å². The maximum atomic E-state index is 8.77. The Labute approximate surface area is 144 Å². The van der Waals surface area contributed by atoms with E-state index in [1.165, 1.54) is 5.56 Å². The van der Waals surface area contributed by atoms with Gasteiger partial charge < -0.3 is 15.2 Å². The van der Waals surface area contributed by atoms with Crippen LogP contribution < -0.4 is 10.1 Å². The van der Waals surface area contributed by atoms with E-state index in [0.717, 1.165) is 43.9 Å². The fraction of sp³-hybridized carbons (Fsp3) is 0.400. The highest BCUT2D eigenvalue weighted by molar-refractivity contribution is 5.47. The molecule has 0 unspecified atom stereocenters. The summed E-state index contributed by atoms with van der Waals surface area (Å²) in [5, 5.41) is 12.4. The molecule has 128 valence electrons. The summed E-state index contributed by atoms with van der Waals surface area (Å²) in [4.78, 5) is 2.53. The molecule has 2 aromatic rings. The lowest BCUT2D eigenvalue weighted by Crippen LogP contribution is -2.38. The molecule has 4 nitrogen and oxygen atoms in total. The standard InChI is InChI=1S/C20H26N2O2/c23-14-15-24-20-8-6-18(7-9-20)21-19-10-12-22(13-11-19)16-17-4-2-1-3-5-17/h1-9,19,21,23H,10-16H2. The fourth-order valence-corrected chi connectivity index (χ4v) is 3.12. The monoisotopic (exact) mass is 326 g/mol. The molecule has 1 saturated heterocycles. The molecule has 1 heterocycles. The molecule has 2 aromatic carbocycles. The average Bonchev–Trinajstić information content (AvgIpc) is 2.64. The van der Waals surface area contributed by atoms with Crippen molar-refractivity contribution in [1.82, 2.24) is 4.90 Å². The number of aliphatic hydroxyl groups excluding tert-OH is 1. The number of piperidine rings is 1. The lowest BCUT2D eigenvalue weighted by Gasteiger charge is -2.33. The Morgan fingerprint density at radius 3 is 2.38 bits per heavy atom. The van der Waals surface area contributed by atoms with Gasteiger partial charge in [-0.05, 0) is 42.7 Å². The molecule has 0 bridgehead atoms. The molecule has 0 atom stereocenters. The van der Waals surface area contributed by atoms with Crippen LogP contribution in [0.1, 0.15) is 18.4 Å². The van der Waals surface area contributed by atoms with Gasteiger partial charge in [-0.25, -0.2) is 0 Å². The number of ether oxygens (including phenoxy) is 1. The minimum atomic E-state index is 0.0432.